The summed E-state index contributed by atoms with van der Waals surface area (Å²) in [5.74, 6) is 0.812. The number of unbranched alkanes of at least 4 members (excludes halogenated alkanes) is 2. The summed E-state index contributed by atoms with van der Waals surface area (Å²) in [5, 5.41) is 0. The number of H-pyrrole nitrogens is 1. The van der Waals surface area contributed by atoms with Crippen molar-refractivity contribution in [3.05, 3.63) is 36.3 Å². The lowest BCUT2D eigenvalue weighted by molar-refractivity contribution is 0.0768. The second-order valence-electron chi connectivity index (χ2n) is 6.54. The predicted molar refractivity (Wildman–Crippen MR) is 94.1 cm³/mol. The third-order valence-corrected chi connectivity index (χ3v) is 4.73. The van der Waals surface area contributed by atoms with Gasteiger partial charge >= 0.3 is 0 Å². The molecule has 3 rings (SSSR count). The molecule has 5 heteroatoms. The highest BCUT2D eigenvalue weighted by Gasteiger charge is 2.24. The van der Waals surface area contributed by atoms with Gasteiger partial charge in [0.05, 0.1) is 12.9 Å². The number of alkyl halides is 1. The van der Waals surface area contributed by atoms with Crippen molar-refractivity contribution in [2.24, 2.45) is 0 Å². The van der Waals surface area contributed by atoms with Crippen molar-refractivity contribution in [2.45, 2.75) is 38.1 Å². The Bertz CT molecular complexity index is 643. The highest BCUT2D eigenvalue weighted by atomic mass is 19.1. The van der Waals surface area contributed by atoms with E-state index in [1.165, 1.54) is 12.1 Å². The molecule has 1 atom stereocenters. The van der Waals surface area contributed by atoms with Gasteiger partial charge in [-0.2, -0.15) is 0 Å². The Morgan fingerprint density at radius 2 is 2.21 bits per heavy atom. The standard InChI is InChI=1S/C19H26FN3O/c1-23-10-8-17(23)14-24-18-11-15(12-21-13-18)19-7-6-16(22-19)5-3-2-4-9-20/h6-7,11-13,17,22H,2-5,8-10,14H2,1H3. The van der Waals surface area contributed by atoms with Crippen molar-refractivity contribution in [1.82, 2.24) is 14.9 Å². The van der Waals surface area contributed by atoms with E-state index in [-0.39, 0.29) is 6.67 Å². The Morgan fingerprint density at radius 3 is 2.96 bits per heavy atom. The molecule has 0 bridgehead atoms. The van der Waals surface area contributed by atoms with E-state index in [0.29, 0.717) is 19.1 Å². The molecule has 1 saturated heterocycles. The van der Waals surface area contributed by atoms with Crippen molar-refractivity contribution in [1.29, 1.82) is 0 Å². The first kappa shape index (κ1) is 17.0. The van der Waals surface area contributed by atoms with E-state index in [1.807, 2.05) is 12.3 Å². The molecule has 3 heterocycles. The molecule has 0 aromatic carbocycles. The fraction of sp³-hybridized carbons (Fsp3) is 0.526. The first-order chi connectivity index (χ1) is 11.8. The maximum absolute atomic E-state index is 12.1. The maximum Gasteiger partial charge on any atom is 0.138 e. The summed E-state index contributed by atoms with van der Waals surface area (Å²) in [7, 11) is 2.13. The molecule has 0 amide bonds. The SMILES string of the molecule is CN1CCC1COc1cncc(-c2ccc(CCCCCF)[nH]2)c1. The minimum Gasteiger partial charge on any atom is -0.490 e. The number of hydrogen-bond donors (Lipinski definition) is 1. The molecule has 0 saturated carbocycles. The number of nitrogens with zero attached hydrogens (tertiary/aromatic N) is 2. The summed E-state index contributed by atoms with van der Waals surface area (Å²) in [6.45, 7) is 1.65. The average Bonchev–Trinajstić information content (AvgIpc) is 3.07. The number of halogens is 1. The predicted octanol–water partition coefficient (Wildman–Crippen LogP) is 3.84. The van der Waals surface area contributed by atoms with Gasteiger partial charge < -0.3 is 9.72 Å². The van der Waals surface area contributed by atoms with Gasteiger partial charge in [-0.15, -0.1) is 0 Å². The Hall–Kier alpha value is -1.88. The number of aromatic nitrogens is 2. The van der Waals surface area contributed by atoms with Crippen LogP contribution in [0.15, 0.2) is 30.6 Å². The van der Waals surface area contributed by atoms with E-state index < -0.39 is 0 Å². The van der Waals surface area contributed by atoms with Gasteiger partial charge in [0.25, 0.3) is 0 Å². The third kappa shape index (κ3) is 4.35. The fourth-order valence-corrected chi connectivity index (χ4v) is 2.96. The smallest absolute Gasteiger partial charge is 0.138 e. The second-order valence-corrected chi connectivity index (χ2v) is 6.54. The number of likely N-dealkylation sites (tertiary alicyclic amines) is 1. The van der Waals surface area contributed by atoms with Crippen molar-refractivity contribution < 1.29 is 9.13 Å². The summed E-state index contributed by atoms with van der Waals surface area (Å²) in [5.41, 5.74) is 3.27. The van der Waals surface area contributed by atoms with Crippen molar-refractivity contribution in [3.63, 3.8) is 0 Å². The molecule has 1 N–H and O–H groups in total. The molecule has 4 nitrogen and oxygen atoms in total. The Morgan fingerprint density at radius 1 is 1.29 bits per heavy atom. The zero-order valence-corrected chi connectivity index (χ0v) is 14.3. The molecule has 0 aliphatic carbocycles. The minimum absolute atomic E-state index is 0.217. The van der Waals surface area contributed by atoms with Crippen LogP contribution in [0.5, 0.6) is 5.75 Å². The van der Waals surface area contributed by atoms with E-state index in [9.17, 15) is 4.39 Å². The lowest BCUT2D eigenvalue weighted by Crippen LogP contribution is -2.48. The topological polar surface area (TPSA) is 41.1 Å². The van der Waals surface area contributed by atoms with E-state index in [1.54, 1.807) is 6.20 Å². The average molecular weight is 331 g/mol. The van der Waals surface area contributed by atoms with Gasteiger partial charge in [0.2, 0.25) is 0 Å². The van der Waals surface area contributed by atoms with Gasteiger partial charge in [-0.3, -0.25) is 14.3 Å². The van der Waals surface area contributed by atoms with Gasteiger partial charge in [-0.05, 0) is 57.5 Å². The van der Waals surface area contributed by atoms with E-state index in [0.717, 1.165) is 42.8 Å². The van der Waals surface area contributed by atoms with Gasteiger partial charge in [0.1, 0.15) is 12.4 Å². The number of pyridine rings is 1. The highest BCUT2D eigenvalue weighted by Crippen LogP contribution is 2.24. The summed E-state index contributed by atoms with van der Waals surface area (Å²) < 4.78 is 18.0. The lowest BCUT2D eigenvalue weighted by atomic mass is 10.1. The molecule has 1 fully saturated rings. The first-order valence-electron chi connectivity index (χ1n) is 8.78. The molecular formula is C19H26FN3O. The van der Waals surface area contributed by atoms with Crippen LogP contribution in [0.3, 0.4) is 0 Å². The molecule has 130 valence electrons. The number of rotatable bonds is 9. The largest absolute Gasteiger partial charge is 0.490 e. The quantitative estimate of drug-likeness (QED) is 0.710. The van der Waals surface area contributed by atoms with Crippen molar-refractivity contribution in [3.8, 4) is 17.0 Å². The van der Waals surface area contributed by atoms with Crippen LogP contribution in [0.25, 0.3) is 11.3 Å². The van der Waals surface area contributed by atoms with Crippen LogP contribution in [0.1, 0.15) is 31.4 Å². The number of aromatic amines is 1. The molecule has 1 unspecified atom stereocenters. The highest BCUT2D eigenvalue weighted by molar-refractivity contribution is 5.60. The van der Waals surface area contributed by atoms with Crippen molar-refractivity contribution in [2.75, 3.05) is 26.9 Å². The summed E-state index contributed by atoms with van der Waals surface area (Å²) in [4.78, 5) is 10.0. The number of aryl methyl sites for hydroxylation is 1. The van der Waals surface area contributed by atoms with Crippen LogP contribution < -0.4 is 4.74 Å². The van der Waals surface area contributed by atoms with Crippen LogP contribution in [0.2, 0.25) is 0 Å². The third-order valence-electron chi connectivity index (χ3n) is 4.73. The zero-order chi connectivity index (χ0) is 16.8. The fourth-order valence-electron chi connectivity index (χ4n) is 2.96. The summed E-state index contributed by atoms with van der Waals surface area (Å²) in [6, 6.07) is 6.73. The van der Waals surface area contributed by atoms with Gasteiger partial charge in [-0.1, -0.05) is 6.42 Å². The molecule has 2 aromatic rings. The molecule has 24 heavy (non-hydrogen) atoms. The van der Waals surface area contributed by atoms with Crippen LogP contribution in [-0.2, 0) is 6.42 Å². The van der Waals surface area contributed by atoms with Crippen molar-refractivity contribution >= 4 is 0 Å². The lowest BCUT2D eigenvalue weighted by Gasteiger charge is -2.37. The van der Waals surface area contributed by atoms with E-state index in [2.05, 4.69) is 34.0 Å². The monoisotopic (exact) mass is 331 g/mol. The number of hydrogen-bond acceptors (Lipinski definition) is 3. The number of likely N-dealkylation sites (N-methyl/N-ethyl adjacent to an activating group) is 1. The minimum atomic E-state index is -0.217. The number of ether oxygens (including phenoxy) is 1. The Kier molecular flexibility index (Phi) is 5.86. The molecular weight excluding hydrogens is 305 g/mol. The Balaban J connectivity index is 1.56. The van der Waals surface area contributed by atoms with Crippen LogP contribution in [-0.4, -0.2) is 47.8 Å². The maximum atomic E-state index is 12.1. The number of nitrogens with one attached hydrogen (secondary N) is 1. The zero-order valence-electron chi connectivity index (χ0n) is 14.3. The summed E-state index contributed by atoms with van der Waals surface area (Å²) in [6.07, 6.45) is 8.38. The molecule has 1 aliphatic heterocycles. The van der Waals surface area contributed by atoms with E-state index in [4.69, 9.17) is 4.74 Å². The molecule has 0 radical (unpaired) electrons. The summed E-state index contributed by atoms with van der Waals surface area (Å²) >= 11 is 0. The van der Waals surface area contributed by atoms with E-state index >= 15 is 0 Å². The van der Waals surface area contributed by atoms with Crippen LogP contribution in [0.4, 0.5) is 4.39 Å². The van der Waals surface area contributed by atoms with Gasteiger partial charge in [0.15, 0.2) is 0 Å². The molecule has 0 spiro atoms. The normalized spacial score (nSPS) is 17.7. The molecule has 1 aliphatic rings. The first-order valence-corrected chi connectivity index (χ1v) is 8.78. The van der Waals surface area contributed by atoms with Crippen LogP contribution >= 0.6 is 0 Å². The second kappa shape index (κ2) is 8.29. The van der Waals surface area contributed by atoms with Gasteiger partial charge in [-0.25, -0.2) is 0 Å². The van der Waals surface area contributed by atoms with Gasteiger partial charge in [0, 0.05) is 29.2 Å². The Labute approximate surface area is 143 Å². The van der Waals surface area contributed by atoms with Crippen LogP contribution in [0, 0.1) is 0 Å². The molecule has 2 aromatic heterocycles.